The van der Waals surface area contributed by atoms with E-state index < -0.39 is 17.4 Å². The van der Waals surface area contributed by atoms with Gasteiger partial charge in [-0.25, -0.2) is 8.78 Å². The Balaban J connectivity index is 2.71. The van der Waals surface area contributed by atoms with Crippen LogP contribution in [0, 0.1) is 11.6 Å². The zero-order chi connectivity index (χ0) is 12.0. The summed E-state index contributed by atoms with van der Waals surface area (Å²) in [7, 11) is 0. The number of nitrogens with zero attached hydrogens (tertiary/aromatic N) is 3. The number of halogens is 2. The molecule has 0 spiro atoms. The van der Waals surface area contributed by atoms with Crippen LogP contribution in [0.1, 0.15) is 12.0 Å². The maximum Gasteiger partial charge on any atom is 0.187 e. The van der Waals surface area contributed by atoms with Gasteiger partial charge in [0, 0.05) is 11.5 Å². The van der Waals surface area contributed by atoms with E-state index >= 15 is 0 Å². The van der Waals surface area contributed by atoms with E-state index in [0.717, 1.165) is 12.1 Å². The highest BCUT2D eigenvalue weighted by molar-refractivity contribution is 5.51. The van der Waals surface area contributed by atoms with Crippen molar-refractivity contribution in [3.8, 4) is 5.75 Å². The Bertz CT molecular complexity index is 430. The van der Waals surface area contributed by atoms with Gasteiger partial charge in [0.2, 0.25) is 0 Å². The Morgan fingerprint density at radius 2 is 2.00 bits per heavy atom. The minimum Gasteiger partial charge on any atom is -0.503 e. The largest absolute Gasteiger partial charge is 0.503 e. The predicted octanol–water partition coefficient (Wildman–Crippen LogP) is 3.38. The summed E-state index contributed by atoms with van der Waals surface area (Å²) in [5.41, 5.74) is 8.29. The minimum absolute atomic E-state index is 0.288. The van der Waals surface area contributed by atoms with Crippen LogP contribution in [0.3, 0.4) is 0 Å². The molecule has 1 aromatic carbocycles. The molecule has 16 heavy (non-hydrogen) atoms. The second kappa shape index (κ2) is 5.72. The SMILES string of the molecule is [N-]=[N+]=NCCC=Cc1cc(F)c(O)c(F)c1. The van der Waals surface area contributed by atoms with Crippen LogP contribution in [0.5, 0.6) is 5.75 Å². The van der Waals surface area contributed by atoms with E-state index in [1.54, 1.807) is 6.08 Å². The van der Waals surface area contributed by atoms with Crippen LogP contribution in [0.2, 0.25) is 0 Å². The van der Waals surface area contributed by atoms with Crippen molar-refractivity contribution in [3.05, 3.63) is 45.8 Å². The lowest BCUT2D eigenvalue weighted by Crippen LogP contribution is -1.85. The van der Waals surface area contributed by atoms with E-state index in [1.807, 2.05) is 0 Å². The predicted molar refractivity (Wildman–Crippen MR) is 55.7 cm³/mol. The number of benzene rings is 1. The Hall–Kier alpha value is -2.07. The summed E-state index contributed by atoms with van der Waals surface area (Å²) in [5.74, 6) is -2.99. The van der Waals surface area contributed by atoms with Gasteiger partial charge in [-0.2, -0.15) is 0 Å². The second-order valence-electron chi connectivity index (χ2n) is 2.98. The maximum absolute atomic E-state index is 12.9. The van der Waals surface area contributed by atoms with Crippen LogP contribution in [0.15, 0.2) is 23.3 Å². The lowest BCUT2D eigenvalue weighted by atomic mass is 10.2. The monoisotopic (exact) mass is 225 g/mol. The Morgan fingerprint density at radius 1 is 1.38 bits per heavy atom. The molecule has 0 bridgehead atoms. The third kappa shape index (κ3) is 3.25. The van der Waals surface area contributed by atoms with Gasteiger partial charge in [-0.1, -0.05) is 17.3 Å². The molecule has 0 fully saturated rings. The first kappa shape index (κ1) is 12.0. The van der Waals surface area contributed by atoms with Gasteiger partial charge in [-0.05, 0) is 29.6 Å². The van der Waals surface area contributed by atoms with Gasteiger partial charge in [0.25, 0.3) is 0 Å². The van der Waals surface area contributed by atoms with Crippen LogP contribution in [-0.2, 0) is 0 Å². The van der Waals surface area contributed by atoms with Crippen LogP contribution < -0.4 is 0 Å². The molecule has 4 nitrogen and oxygen atoms in total. The average molecular weight is 225 g/mol. The third-order valence-electron chi connectivity index (χ3n) is 1.81. The smallest absolute Gasteiger partial charge is 0.187 e. The molecule has 0 radical (unpaired) electrons. The van der Waals surface area contributed by atoms with Crippen molar-refractivity contribution >= 4 is 6.08 Å². The van der Waals surface area contributed by atoms with Gasteiger partial charge in [0.05, 0.1) is 0 Å². The summed E-state index contributed by atoms with van der Waals surface area (Å²) < 4.78 is 25.8. The van der Waals surface area contributed by atoms with E-state index in [2.05, 4.69) is 10.0 Å². The fourth-order valence-electron chi connectivity index (χ4n) is 1.08. The van der Waals surface area contributed by atoms with Gasteiger partial charge in [0.15, 0.2) is 17.4 Å². The molecule has 0 aliphatic carbocycles. The molecule has 6 heteroatoms. The Kier molecular flexibility index (Phi) is 4.29. The van der Waals surface area contributed by atoms with Crippen LogP contribution in [0.25, 0.3) is 16.5 Å². The van der Waals surface area contributed by atoms with Crippen molar-refractivity contribution < 1.29 is 13.9 Å². The zero-order valence-corrected chi connectivity index (χ0v) is 8.27. The maximum atomic E-state index is 12.9. The average Bonchev–Trinajstić information content (AvgIpc) is 2.25. The van der Waals surface area contributed by atoms with Crippen molar-refractivity contribution in [1.82, 2.24) is 0 Å². The van der Waals surface area contributed by atoms with Crippen LogP contribution >= 0.6 is 0 Å². The van der Waals surface area contributed by atoms with Crippen molar-refractivity contribution in [2.75, 3.05) is 6.54 Å². The first-order valence-electron chi connectivity index (χ1n) is 4.50. The number of hydrogen-bond acceptors (Lipinski definition) is 2. The van der Waals surface area contributed by atoms with Gasteiger partial charge < -0.3 is 5.11 Å². The molecule has 0 saturated carbocycles. The van der Waals surface area contributed by atoms with E-state index in [1.165, 1.54) is 6.08 Å². The van der Waals surface area contributed by atoms with Gasteiger partial charge in [-0.3, -0.25) is 0 Å². The first-order valence-corrected chi connectivity index (χ1v) is 4.50. The highest BCUT2D eigenvalue weighted by Gasteiger charge is 2.07. The van der Waals surface area contributed by atoms with Gasteiger partial charge >= 0.3 is 0 Å². The number of azide groups is 1. The quantitative estimate of drug-likeness (QED) is 0.363. The molecule has 0 unspecified atom stereocenters. The number of aromatic hydroxyl groups is 1. The number of hydrogen-bond donors (Lipinski definition) is 1. The highest BCUT2D eigenvalue weighted by Crippen LogP contribution is 2.21. The fourth-order valence-corrected chi connectivity index (χ4v) is 1.08. The standard InChI is InChI=1S/C10H9F2N3O/c11-8-5-7(6-9(12)10(8)16)3-1-2-4-14-15-13/h1,3,5-6,16H,2,4H2. The summed E-state index contributed by atoms with van der Waals surface area (Å²) in [4.78, 5) is 2.56. The summed E-state index contributed by atoms with van der Waals surface area (Å²) in [5, 5.41) is 12.1. The van der Waals surface area contributed by atoms with Crippen molar-refractivity contribution in [2.24, 2.45) is 5.11 Å². The Morgan fingerprint density at radius 3 is 2.56 bits per heavy atom. The number of rotatable bonds is 4. The van der Waals surface area contributed by atoms with Crippen molar-refractivity contribution in [1.29, 1.82) is 0 Å². The summed E-state index contributed by atoms with van der Waals surface area (Å²) >= 11 is 0. The molecule has 1 rings (SSSR count). The molecule has 1 N–H and O–H groups in total. The minimum atomic E-state index is -1.00. The molecule has 0 aliphatic heterocycles. The lowest BCUT2D eigenvalue weighted by Gasteiger charge is -1.99. The Labute approximate surface area is 90.5 Å². The summed E-state index contributed by atoms with van der Waals surface area (Å²) in [6.07, 6.45) is 3.59. The van der Waals surface area contributed by atoms with Crippen molar-refractivity contribution in [3.63, 3.8) is 0 Å². The molecular weight excluding hydrogens is 216 g/mol. The third-order valence-corrected chi connectivity index (χ3v) is 1.81. The molecule has 0 atom stereocenters. The molecule has 84 valence electrons. The highest BCUT2D eigenvalue weighted by atomic mass is 19.1. The van der Waals surface area contributed by atoms with E-state index in [4.69, 9.17) is 10.6 Å². The van der Waals surface area contributed by atoms with Crippen molar-refractivity contribution in [2.45, 2.75) is 6.42 Å². The summed E-state index contributed by atoms with van der Waals surface area (Å²) in [6.45, 7) is 0.288. The lowest BCUT2D eigenvalue weighted by molar-refractivity contribution is 0.396. The second-order valence-corrected chi connectivity index (χ2v) is 2.98. The van der Waals surface area contributed by atoms with Gasteiger partial charge in [0.1, 0.15) is 0 Å². The topological polar surface area (TPSA) is 69.0 Å². The van der Waals surface area contributed by atoms with E-state index in [9.17, 15) is 8.78 Å². The molecule has 1 aromatic rings. The molecular formula is C10H9F2N3O. The first-order chi connectivity index (χ1) is 7.65. The van der Waals surface area contributed by atoms with Crippen LogP contribution in [-0.4, -0.2) is 11.7 Å². The van der Waals surface area contributed by atoms with E-state index in [-0.39, 0.29) is 6.54 Å². The number of phenolic OH excluding ortho intramolecular Hbond substituents is 1. The fraction of sp³-hybridized carbons (Fsp3) is 0.200. The molecule has 0 amide bonds. The molecule has 0 aromatic heterocycles. The van der Waals surface area contributed by atoms with E-state index in [0.29, 0.717) is 12.0 Å². The zero-order valence-electron chi connectivity index (χ0n) is 8.27. The molecule has 0 saturated heterocycles. The molecule has 0 aliphatic rings. The molecule has 0 heterocycles. The van der Waals surface area contributed by atoms with Gasteiger partial charge in [-0.15, -0.1) is 0 Å². The number of phenols is 1. The van der Waals surface area contributed by atoms with Crippen LogP contribution in [0.4, 0.5) is 8.78 Å². The summed E-state index contributed by atoms with van der Waals surface area (Å²) in [6, 6.07) is 2.03. The normalized spacial score (nSPS) is 10.4.